The van der Waals surface area contributed by atoms with Crippen LogP contribution < -0.4 is 5.32 Å². The molecule has 0 radical (unpaired) electrons. The van der Waals surface area contributed by atoms with E-state index in [9.17, 15) is 9.18 Å². The molecule has 0 aromatic heterocycles. The number of halogens is 1. The Bertz CT molecular complexity index is 758. The molecule has 1 fully saturated rings. The molecule has 24 heavy (non-hydrogen) atoms. The van der Waals surface area contributed by atoms with E-state index in [4.69, 9.17) is 0 Å². The minimum absolute atomic E-state index is 0.123. The Labute approximate surface area is 141 Å². The molecular formula is C20H21FN2O. The molecule has 2 aromatic rings. The number of benzene rings is 2. The largest absolute Gasteiger partial charge is 0.350 e. The lowest BCUT2D eigenvalue weighted by atomic mass is 9.86. The lowest BCUT2D eigenvalue weighted by molar-refractivity contribution is -0.132. The second kappa shape index (κ2) is 6.02. The molecule has 3 nitrogen and oxygen atoms in total. The van der Waals surface area contributed by atoms with Crippen molar-refractivity contribution in [2.45, 2.75) is 37.9 Å². The fraction of sp³-hybridized carbons (Fsp3) is 0.350. The van der Waals surface area contributed by atoms with Gasteiger partial charge >= 0.3 is 0 Å². The molecule has 2 heterocycles. The van der Waals surface area contributed by atoms with Crippen LogP contribution in [-0.2, 0) is 24.3 Å². The second-order valence-corrected chi connectivity index (χ2v) is 6.81. The van der Waals surface area contributed by atoms with Crippen molar-refractivity contribution in [3.8, 4) is 0 Å². The predicted octanol–water partition coefficient (Wildman–Crippen LogP) is 3.03. The number of fused-ring (bicyclic) bond motifs is 1. The lowest BCUT2D eigenvalue weighted by Gasteiger charge is -2.36. The summed E-state index contributed by atoms with van der Waals surface area (Å²) in [4.78, 5) is 15.2. The summed E-state index contributed by atoms with van der Waals surface area (Å²) < 4.78 is 13.2. The molecule has 4 rings (SSSR count). The van der Waals surface area contributed by atoms with Gasteiger partial charge in [-0.15, -0.1) is 0 Å². The number of hydrogen-bond acceptors (Lipinski definition) is 2. The maximum Gasteiger partial charge on any atom is 0.241 e. The summed E-state index contributed by atoms with van der Waals surface area (Å²) in [6.45, 7) is 2.17. The number of amides is 1. The first-order valence-electron chi connectivity index (χ1n) is 8.52. The van der Waals surface area contributed by atoms with E-state index in [2.05, 4.69) is 22.3 Å². The van der Waals surface area contributed by atoms with Gasteiger partial charge in [0.05, 0.1) is 0 Å². The molecule has 1 spiro atoms. The standard InChI is InChI=1S/C20H21FN2O/c21-18-8-6-15(7-9-18)14-23-11-3-10-20(23)12-16-4-1-2-5-17(16)13-22-19(20)24/h1-2,4-9H,3,10-14H2,(H,22,24). The van der Waals surface area contributed by atoms with Crippen molar-refractivity contribution in [3.05, 3.63) is 71.0 Å². The Balaban J connectivity index is 1.66. The molecule has 1 unspecified atom stereocenters. The Morgan fingerprint density at radius 3 is 2.62 bits per heavy atom. The molecule has 1 N–H and O–H groups in total. The predicted molar refractivity (Wildman–Crippen MR) is 90.8 cm³/mol. The van der Waals surface area contributed by atoms with Gasteiger partial charge in [-0.05, 0) is 48.2 Å². The first-order chi connectivity index (χ1) is 11.7. The monoisotopic (exact) mass is 324 g/mol. The molecule has 2 aromatic carbocycles. The zero-order valence-corrected chi connectivity index (χ0v) is 13.6. The van der Waals surface area contributed by atoms with Gasteiger partial charge < -0.3 is 5.32 Å². The maximum atomic E-state index is 13.2. The van der Waals surface area contributed by atoms with E-state index < -0.39 is 5.54 Å². The quantitative estimate of drug-likeness (QED) is 0.921. The summed E-state index contributed by atoms with van der Waals surface area (Å²) in [6.07, 6.45) is 2.63. The van der Waals surface area contributed by atoms with Gasteiger partial charge in [-0.1, -0.05) is 36.4 Å². The smallest absolute Gasteiger partial charge is 0.241 e. The van der Waals surface area contributed by atoms with Crippen molar-refractivity contribution < 1.29 is 9.18 Å². The number of likely N-dealkylation sites (tertiary alicyclic amines) is 1. The van der Waals surface area contributed by atoms with Crippen LogP contribution >= 0.6 is 0 Å². The topological polar surface area (TPSA) is 32.3 Å². The minimum Gasteiger partial charge on any atom is -0.350 e. The van der Waals surface area contributed by atoms with E-state index in [1.165, 1.54) is 23.3 Å². The number of nitrogens with zero attached hydrogens (tertiary/aromatic N) is 1. The Hall–Kier alpha value is -2.20. The van der Waals surface area contributed by atoms with Gasteiger partial charge in [0.15, 0.2) is 0 Å². The normalized spacial score (nSPS) is 23.8. The van der Waals surface area contributed by atoms with E-state index in [1.54, 1.807) is 0 Å². The summed E-state index contributed by atoms with van der Waals surface area (Å²) in [7, 11) is 0. The van der Waals surface area contributed by atoms with Crippen LogP contribution in [0.25, 0.3) is 0 Å². The Morgan fingerprint density at radius 1 is 1.08 bits per heavy atom. The zero-order valence-electron chi connectivity index (χ0n) is 13.6. The molecular weight excluding hydrogens is 303 g/mol. The molecule has 0 saturated carbocycles. The van der Waals surface area contributed by atoms with Crippen molar-refractivity contribution >= 4 is 5.91 Å². The zero-order chi connectivity index (χ0) is 16.6. The molecule has 4 heteroatoms. The summed E-state index contributed by atoms with van der Waals surface area (Å²) in [6, 6.07) is 14.9. The van der Waals surface area contributed by atoms with Crippen molar-refractivity contribution in [1.29, 1.82) is 0 Å². The second-order valence-electron chi connectivity index (χ2n) is 6.81. The van der Waals surface area contributed by atoms with Crippen LogP contribution in [0.4, 0.5) is 4.39 Å². The molecule has 1 saturated heterocycles. The van der Waals surface area contributed by atoms with Crippen molar-refractivity contribution in [2.24, 2.45) is 0 Å². The van der Waals surface area contributed by atoms with Gasteiger partial charge in [0.25, 0.3) is 0 Å². The molecule has 0 aliphatic carbocycles. The summed E-state index contributed by atoms with van der Waals surface area (Å²) in [5.41, 5.74) is 3.02. The van der Waals surface area contributed by atoms with Crippen molar-refractivity contribution in [3.63, 3.8) is 0 Å². The highest BCUT2D eigenvalue weighted by molar-refractivity contribution is 5.87. The fourth-order valence-electron chi connectivity index (χ4n) is 4.07. The maximum absolute atomic E-state index is 13.2. The van der Waals surface area contributed by atoms with E-state index >= 15 is 0 Å². The third-order valence-corrected chi connectivity index (χ3v) is 5.37. The first kappa shape index (κ1) is 15.3. The van der Waals surface area contributed by atoms with Crippen molar-refractivity contribution in [1.82, 2.24) is 10.2 Å². The van der Waals surface area contributed by atoms with Crippen LogP contribution in [0.15, 0.2) is 48.5 Å². The van der Waals surface area contributed by atoms with Gasteiger partial charge in [0.2, 0.25) is 5.91 Å². The van der Waals surface area contributed by atoms with Gasteiger partial charge in [-0.3, -0.25) is 9.69 Å². The highest BCUT2D eigenvalue weighted by atomic mass is 19.1. The number of carbonyl (C=O) groups excluding carboxylic acids is 1. The van der Waals surface area contributed by atoms with Crippen LogP contribution in [0, 0.1) is 5.82 Å². The van der Waals surface area contributed by atoms with Crippen molar-refractivity contribution in [2.75, 3.05) is 6.54 Å². The van der Waals surface area contributed by atoms with E-state index in [1.807, 2.05) is 24.3 Å². The number of carbonyl (C=O) groups is 1. The number of rotatable bonds is 2. The van der Waals surface area contributed by atoms with E-state index in [-0.39, 0.29) is 11.7 Å². The van der Waals surface area contributed by atoms with Gasteiger partial charge in [-0.25, -0.2) is 4.39 Å². The lowest BCUT2D eigenvalue weighted by Crippen LogP contribution is -2.55. The highest BCUT2D eigenvalue weighted by Gasteiger charge is 2.48. The summed E-state index contributed by atoms with van der Waals surface area (Å²) in [5.74, 6) is -0.102. The van der Waals surface area contributed by atoms with Crippen LogP contribution in [0.2, 0.25) is 0 Å². The van der Waals surface area contributed by atoms with Gasteiger partial charge in [0, 0.05) is 19.5 Å². The molecule has 1 amide bonds. The highest BCUT2D eigenvalue weighted by Crippen LogP contribution is 2.36. The van der Waals surface area contributed by atoms with E-state index in [0.717, 1.165) is 31.4 Å². The third-order valence-electron chi connectivity index (χ3n) is 5.37. The SMILES string of the molecule is O=C1NCc2ccccc2CC12CCCN2Cc1ccc(F)cc1. The van der Waals surface area contributed by atoms with Gasteiger partial charge in [0.1, 0.15) is 11.4 Å². The van der Waals surface area contributed by atoms with Gasteiger partial charge in [-0.2, -0.15) is 0 Å². The molecule has 1 atom stereocenters. The number of nitrogens with one attached hydrogen (secondary N) is 1. The van der Waals surface area contributed by atoms with Crippen LogP contribution in [0.1, 0.15) is 29.5 Å². The molecule has 124 valence electrons. The Kier molecular flexibility index (Phi) is 3.85. The number of hydrogen-bond donors (Lipinski definition) is 1. The van der Waals surface area contributed by atoms with Crippen LogP contribution in [-0.4, -0.2) is 22.9 Å². The summed E-state index contributed by atoms with van der Waals surface area (Å²) >= 11 is 0. The average Bonchev–Trinajstić information content (AvgIpc) is 2.92. The van der Waals surface area contributed by atoms with Crippen LogP contribution in [0.3, 0.4) is 0 Å². The van der Waals surface area contributed by atoms with E-state index in [0.29, 0.717) is 13.1 Å². The molecule has 2 aliphatic heterocycles. The fourth-order valence-corrected chi connectivity index (χ4v) is 4.07. The molecule has 2 aliphatic rings. The molecule has 0 bridgehead atoms. The Morgan fingerprint density at radius 2 is 1.83 bits per heavy atom. The third kappa shape index (κ3) is 2.61. The average molecular weight is 324 g/mol. The van der Waals surface area contributed by atoms with Crippen LogP contribution in [0.5, 0.6) is 0 Å². The summed E-state index contributed by atoms with van der Waals surface area (Å²) in [5, 5.41) is 3.12. The first-order valence-corrected chi connectivity index (χ1v) is 8.52. The minimum atomic E-state index is -0.485.